The Kier molecular flexibility index (Phi) is 4.06. The second kappa shape index (κ2) is 5.10. The summed E-state index contributed by atoms with van der Waals surface area (Å²) in [5.74, 6) is -0.0822. The fourth-order valence-electron chi connectivity index (χ4n) is 2.08. The molecule has 0 saturated carbocycles. The van der Waals surface area contributed by atoms with Gasteiger partial charge in [0.2, 0.25) is 0 Å². The normalized spacial score (nSPS) is 20.5. The lowest BCUT2D eigenvalue weighted by Gasteiger charge is -2.13. The lowest BCUT2D eigenvalue weighted by Crippen LogP contribution is -2.24. The second-order valence-corrected chi connectivity index (χ2v) is 3.64. The van der Waals surface area contributed by atoms with Crippen molar-refractivity contribution in [1.29, 1.82) is 0 Å². The summed E-state index contributed by atoms with van der Waals surface area (Å²) < 4.78 is 5.00. The van der Waals surface area contributed by atoms with Crippen molar-refractivity contribution in [2.24, 2.45) is 10.9 Å². The Bertz CT molecular complexity index is 316. The van der Waals surface area contributed by atoms with Crippen LogP contribution in [0.2, 0.25) is 0 Å². The van der Waals surface area contributed by atoms with Gasteiger partial charge in [-0.25, -0.2) is 9.79 Å². The number of hydrogen-bond acceptors (Lipinski definition) is 3. The number of rotatable bonds is 4. The maximum absolute atomic E-state index is 11.6. The van der Waals surface area contributed by atoms with Crippen LogP contribution in [0.4, 0.5) is 0 Å². The number of nitrogens with zero attached hydrogens (tertiary/aromatic N) is 1. The lowest BCUT2D eigenvalue weighted by atomic mass is 9.91. The molecule has 0 aromatic heterocycles. The largest absolute Gasteiger partial charge is 0.461 e. The number of ether oxygens (including phenoxy) is 1. The van der Waals surface area contributed by atoms with E-state index in [9.17, 15) is 4.79 Å². The van der Waals surface area contributed by atoms with Gasteiger partial charge in [0.15, 0.2) is 0 Å². The van der Waals surface area contributed by atoms with Gasteiger partial charge in [0.1, 0.15) is 5.71 Å². The topological polar surface area (TPSA) is 38.7 Å². The third-order valence-electron chi connectivity index (χ3n) is 2.78. The van der Waals surface area contributed by atoms with E-state index < -0.39 is 0 Å². The van der Waals surface area contributed by atoms with Crippen LogP contribution in [0.5, 0.6) is 0 Å². The van der Waals surface area contributed by atoms with Gasteiger partial charge in [-0.1, -0.05) is 13.8 Å². The van der Waals surface area contributed by atoms with E-state index in [1.54, 1.807) is 0 Å². The molecule has 0 radical (unpaired) electrons. The highest BCUT2D eigenvalue weighted by Gasteiger charge is 2.30. The van der Waals surface area contributed by atoms with Crippen molar-refractivity contribution in [2.45, 2.75) is 40.5 Å². The number of hydrogen-bond donors (Lipinski definition) is 0. The Morgan fingerprint density at radius 3 is 2.53 bits per heavy atom. The van der Waals surface area contributed by atoms with E-state index in [0.29, 0.717) is 12.3 Å². The molecule has 0 saturated heterocycles. The van der Waals surface area contributed by atoms with Crippen molar-refractivity contribution in [3.05, 3.63) is 11.3 Å². The molecule has 1 aliphatic heterocycles. The zero-order valence-corrected chi connectivity index (χ0v) is 9.96. The first-order valence-corrected chi connectivity index (χ1v) is 5.60. The van der Waals surface area contributed by atoms with Gasteiger partial charge in [0.05, 0.1) is 6.61 Å². The van der Waals surface area contributed by atoms with Gasteiger partial charge in [-0.05, 0) is 32.3 Å². The Balaban J connectivity index is 2.87. The van der Waals surface area contributed by atoms with E-state index >= 15 is 0 Å². The molecule has 1 aliphatic rings. The third kappa shape index (κ3) is 2.28. The van der Waals surface area contributed by atoms with Crippen molar-refractivity contribution in [2.75, 3.05) is 6.61 Å². The molecular weight excluding hydrogens is 190 g/mol. The standard InChI is InChI=1S/C12H19NO2/c1-5-9-8(4)13-11(10(9)6-2)12(14)15-7-3/h10H,5-7H2,1-4H3/t10-/m1/s1. The molecule has 3 heteroatoms. The van der Waals surface area contributed by atoms with Crippen LogP contribution >= 0.6 is 0 Å². The van der Waals surface area contributed by atoms with E-state index in [4.69, 9.17) is 4.74 Å². The fourth-order valence-corrected chi connectivity index (χ4v) is 2.08. The minimum Gasteiger partial charge on any atom is -0.461 e. The molecule has 1 heterocycles. The van der Waals surface area contributed by atoms with E-state index in [1.165, 1.54) is 5.57 Å². The van der Waals surface area contributed by atoms with Gasteiger partial charge >= 0.3 is 5.97 Å². The highest BCUT2D eigenvalue weighted by molar-refractivity contribution is 6.38. The van der Waals surface area contributed by atoms with Gasteiger partial charge in [-0.15, -0.1) is 0 Å². The van der Waals surface area contributed by atoms with Crippen LogP contribution in [0.15, 0.2) is 16.3 Å². The predicted molar refractivity (Wildman–Crippen MR) is 60.8 cm³/mol. The first-order valence-electron chi connectivity index (χ1n) is 5.60. The quantitative estimate of drug-likeness (QED) is 0.668. The smallest absolute Gasteiger partial charge is 0.353 e. The number of carbonyl (C=O) groups is 1. The molecule has 84 valence electrons. The molecule has 0 spiro atoms. The molecule has 0 aromatic rings. The summed E-state index contributed by atoms with van der Waals surface area (Å²) in [6, 6.07) is 0. The monoisotopic (exact) mass is 209 g/mol. The van der Waals surface area contributed by atoms with Crippen LogP contribution in [0, 0.1) is 5.92 Å². The molecular formula is C12H19NO2. The predicted octanol–water partition coefficient (Wildman–Crippen LogP) is 2.71. The van der Waals surface area contributed by atoms with Crippen LogP contribution in [-0.4, -0.2) is 18.3 Å². The molecule has 0 fully saturated rings. The Morgan fingerprint density at radius 2 is 2.07 bits per heavy atom. The average molecular weight is 209 g/mol. The number of esters is 1. The fraction of sp³-hybridized carbons (Fsp3) is 0.667. The Labute approximate surface area is 91.2 Å². The summed E-state index contributed by atoms with van der Waals surface area (Å²) in [4.78, 5) is 16.0. The maximum atomic E-state index is 11.6. The maximum Gasteiger partial charge on any atom is 0.353 e. The number of carbonyl (C=O) groups excluding carboxylic acids is 1. The summed E-state index contributed by atoms with van der Waals surface area (Å²) in [5, 5.41) is 0. The zero-order chi connectivity index (χ0) is 11.4. The van der Waals surface area contributed by atoms with Gasteiger partial charge in [0.25, 0.3) is 0 Å². The Morgan fingerprint density at radius 1 is 1.40 bits per heavy atom. The lowest BCUT2D eigenvalue weighted by molar-refractivity contribution is -0.135. The molecule has 0 unspecified atom stereocenters. The van der Waals surface area contributed by atoms with Gasteiger partial charge in [0, 0.05) is 11.6 Å². The summed E-state index contributed by atoms with van der Waals surface area (Å²) in [5.41, 5.74) is 2.86. The molecule has 0 aromatic carbocycles. The summed E-state index contributed by atoms with van der Waals surface area (Å²) in [6.07, 6.45) is 1.87. The van der Waals surface area contributed by atoms with Crippen molar-refractivity contribution in [3.8, 4) is 0 Å². The van der Waals surface area contributed by atoms with Gasteiger partial charge in [-0.3, -0.25) is 0 Å². The molecule has 1 rings (SSSR count). The van der Waals surface area contributed by atoms with E-state index in [1.807, 2.05) is 13.8 Å². The van der Waals surface area contributed by atoms with Crippen LogP contribution in [0.25, 0.3) is 0 Å². The molecule has 0 aliphatic carbocycles. The summed E-state index contributed by atoms with van der Waals surface area (Å²) >= 11 is 0. The first kappa shape index (κ1) is 12.0. The van der Waals surface area contributed by atoms with Crippen LogP contribution in [0.3, 0.4) is 0 Å². The van der Waals surface area contributed by atoms with Crippen LogP contribution in [0.1, 0.15) is 40.5 Å². The summed E-state index contributed by atoms with van der Waals surface area (Å²) in [6.45, 7) is 8.37. The van der Waals surface area contributed by atoms with Crippen molar-refractivity contribution < 1.29 is 9.53 Å². The van der Waals surface area contributed by atoms with Crippen molar-refractivity contribution in [1.82, 2.24) is 0 Å². The van der Waals surface area contributed by atoms with Gasteiger partial charge < -0.3 is 4.74 Å². The molecule has 1 atom stereocenters. The SMILES string of the molecule is CCOC(=O)C1=NC(C)=C(CC)[C@H]1CC. The molecule has 0 bridgehead atoms. The molecule has 0 amide bonds. The highest BCUT2D eigenvalue weighted by Crippen LogP contribution is 2.30. The zero-order valence-electron chi connectivity index (χ0n) is 9.96. The van der Waals surface area contributed by atoms with Crippen molar-refractivity contribution in [3.63, 3.8) is 0 Å². The highest BCUT2D eigenvalue weighted by atomic mass is 16.5. The minimum atomic E-state index is -0.257. The molecule has 3 nitrogen and oxygen atoms in total. The third-order valence-corrected chi connectivity index (χ3v) is 2.78. The van der Waals surface area contributed by atoms with Crippen LogP contribution < -0.4 is 0 Å². The molecule has 15 heavy (non-hydrogen) atoms. The van der Waals surface area contributed by atoms with E-state index in [-0.39, 0.29) is 11.9 Å². The van der Waals surface area contributed by atoms with E-state index in [0.717, 1.165) is 18.5 Å². The van der Waals surface area contributed by atoms with E-state index in [2.05, 4.69) is 18.8 Å². The summed E-state index contributed by atoms with van der Waals surface area (Å²) in [7, 11) is 0. The number of aliphatic imine (C=N–C) groups is 1. The Hall–Kier alpha value is -1.12. The second-order valence-electron chi connectivity index (χ2n) is 3.64. The number of allylic oxidation sites excluding steroid dienone is 2. The van der Waals surface area contributed by atoms with Gasteiger partial charge in [-0.2, -0.15) is 0 Å². The minimum absolute atomic E-state index is 0.175. The molecule has 0 N–H and O–H groups in total. The first-order chi connectivity index (χ1) is 7.15. The average Bonchev–Trinajstić information content (AvgIpc) is 2.54. The van der Waals surface area contributed by atoms with Crippen molar-refractivity contribution >= 4 is 11.7 Å². The van der Waals surface area contributed by atoms with Crippen LogP contribution in [-0.2, 0) is 9.53 Å².